The predicted molar refractivity (Wildman–Crippen MR) is 155 cm³/mol. The molecule has 3 aromatic heterocycles. The third-order valence-electron chi connectivity index (χ3n) is 7.88. The van der Waals surface area contributed by atoms with Crippen molar-refractivity contribution >= 4 is 22.8 Å². The molecule has 208 valence electrons. The number of amides is 1. The van der Waals surface area contributed by atoms with Crippen molar-refractivity contribution in [2.75, 3.05) is 58.2 Å². The van der Waals surface area contributed by atoms with Gasteiger partial charge in [-0.3, -0.25) is 9.69 Å². The van der Waals surface area contributed by atoms with E-state index < -0.39 is 6.10 Å². The molecule has 1 aromatic carbocycles. The summed E-state index contributed by atoms with van der Waals surface area (Å²) < 4.78 is 1.90. The fourth-order valence-electron chi connectivity index (χ4n) is 5.50. The Hall–Kier alpha value is -3.86. The molecule has 5 heterocycles. The number of β-amino-alcohol motifs (C(OH)–C–C–N with tert-alkyl or cyclic N) is 1. The van der Waals surface area contributed by atoms with Crippen LogP contribution in [0.2, 0.25) is 0 Å². The lowest BCUT2D eigenvalue weighted by atomic mass is 10.00. The van der Waals surface area contributed by atoms with E-state index >= 15 is 0 Å². The summed E-state index contributed by atoms with van der Waals surface area (Å²) in [6, 6.07) is 14.2. The number of aliphatic hydroxyl groups excluding tert-OH is 1. The van der Waals surface area contributed by atoms with Crippen molar-refractivity contribution in [3.63, 3.8) is 0 Å². The van der Waals surface area contributed by atoms with Gasteiger partial charge < -0.3 is 24.8 Å². The maximum Gasteiger partial charge on any atom is 0.242 e. The van der Waals surface area contributed by atoms with Crippen LogP contribution < -0.4 is 5.32 Å². The van der Waals surface area contributed by atoms with Crippen LogP contribution in [0.15, 0.2) is 61.1 Å². The number of hydrogen-bond donors (Lipinski definition) is 2. The van der Waals surface area contributed by atoms with Gasteiger partial charge in [0.2, 0.25) is 5.91 Å². The van der Waals surface area contributed by atoms with Crippen LogP contribution in [0.1, 0.15) is 11.1 Å². The van der Waals surface area contributed by atoms with Gasteiger partial charge in [0.15, 0.2) is 5.82 Å². The smallest absolute Gasteiger partial charge is 0.242 e. The van der Waals surface area contributed by atoms with Crippen molar-refractivity contribution < 1.29 is 9.90 Å². The highest BCUT2D eigenvalue weighted by Gasteiger charge is 2.21. The first-order valence-corrected chi connectivity index (χ1v) is 14.0. The van der Waals surface area contributed by atoms with E-state index in [0.717, 1.165) is 62.3 Å². The van der Waals surface area contributed by atoms with Gasteiger partial charge in [-0.25, -0.2) is 15.0 Å². The first-order valence-electron chi connectivity index (χ1n) is 14.0. The van der Waals surface area contributed by atoms with E-state index in [0.29, 0.717) is 24.7 Å². The number of nitrogens with zero attached hydrogens (tertiary/aromatic N) is 7. The Balaban J connectivity index is 1.08. The fraction of sp³-hybridized carbons (Fsp3) is 0.400. The number of aliphatic hydroxyl groups is 1. The normalized spacial score (nSPS) is 17.1. The second kappa shape index (κ2) is 11.7. The summed E-state index contributed by atoms with van der Waals surface area (Å²) in [5, 5.41) is 14.9. The van der Waals surface area contributed by atoms with Crippen LogP contribution in [0.5, 0.6) is 0 Å². The van der Waals surface area contributed by atoms with Gasteiger partial charge in [-0.05, 0) is 42.8 Å². The van der Waals surface area contributed by atoms with E-state index in [4.69, 9.17) is 4.98 Å². The Morgan fingerprint density at radius 1 is 1.05 bits per heavy atom. The molecule has 40 heavy (non-hydrogen) atoms. The summed E-state index contributed by atoms with van der Waals surface area (Å²) in [5.41, 5.74) is 4.30. The maximum absolute atomic E-state index is 12.9. The first-order chi connectivity index (χ1) is 19.5. The Labute approximate surface area is 234 Å². The summed E-state index contributed by atoms with van der Waals surface area (Å²) >= 11 is 0. The van der Waals surface area contributed by atoms with Gasteiger partial charge in [0.1, 0.15) is 18.0 Å². The number of fused-ring (bicyclic) bond motifs is 2. The summed E-state index contributed by atoms with van der Waals surface area (Å²) in [5.74, 6) is 1.33. The number of carbonyl (C=O) groups is 1. The highest BCUT2D eigenvalue weighted by atomic mass is 16.3. The second-order valence-corrected chi connectivity index (χ2v) is 10.8. The van der Waals surface area contributed by atoms with E-state index in [9.17, 15) is 9.90 Å². The summed E-state index contributed by atoms with van der Waals surface area (Å²) in [6.07, 6.45) is 5.90. The third kappa shape index (κ3) is 5.99. The largest absolute Gasteiger partial charge is 0.390 e. The van der Waals surface area contributed by atoms with Gasteiger partial charge >= 0.3 is 0 Å². The lowest BCUT2D eigenvalue weighted by molar-refractivity contribution is -0.133. The van der Waals surface area contributed by atoms with Crippen LogP contribution in [0, 0.1) is 0 Å². The number of pyridine rings is 1. The van der Waals surface area contributed by atoms with E-state index in [-0.39, 0.29) is 12.5 Å². The van der Waals surface area contributed by atoms with Crippen LogP contribution in [-0.4, -0.2) is 104 Å². The molecule has 1 saturated heterocycles. The standard InChI is InChI=1S/C30H36N8O2/c1-35-12-14-37(15-13-35)28(40)21-38-11-8-24-17-33-29(34-30(24)38)23-6-9-31-27(16-23)32-18-26(39)20-36-10-7-22-4-2-3-5-25(22)19-36/h2-6,8-9,11,16-17,26,39H,7,10,12-15,18-21H2,1H3,(H,31,32). The van der Waals surface area contributed by atoms with Crippen LogP contribution in [0.3, 0.4) is 0 Å². The zero-order valence-electron chi connectivity index (χ0n) is 22.9. The molecular weight excluding hydrogens is 504 g/mol. The lowest BCUT2D eigenvalue weighted by Crippen LogP contribution is -2.48. The number of hydrogen-bond acceptors (Lipinski definition) is 8. The average Bonchev–Trinajstić information content (AvgIpc) is 3.38. The van der Waals surface area contributed by atoms with Gasteiger partial charge in [0.05, 0.1) is 6.10 Å². The fourth-order valence-corrected chi connectivity index (χ4v) is 5.50. The quantitative estimate of drug-likeness (QED) is 0.350. The Bertz CT molecular complexity index is 1480. The van der Waals surface area contributed by atoms with Crippen molar-refractivity contribution in [2.24, 2.45) is 0 Å². The van der Waals surface area contributed by atoms with Crippen molar-refractivity contribution in [3.05, 3.63) is 72.2 Å². The summed E-state index contributed by atoms with van der Waals surface area (Å²) in [4.78, 5) is 33.2. The number of piperazine rings is 1. The van der Waals surface area contributed by atoms with E-state index in [1.165, 1.54) is 11.1 Å². The predicted octanol–water partition coefficient (Wildman–Crippen LogP) is 2.10. The van der Waals surface area contributed by atoms with Crippen LogP contribution in [-0.2, 0) is 24.3 Å². The van der Waals surface area contributed by atoms with Gasteiger partial charge in [0.25, 0.3) is 0 Å². The molecule has 10 nitrogen and oxygen atoms in total. The lowest BCUT2D eigenvalue weighted by Gasteiger charge is -2.32. The first kappa shape index (κ1) is 26.4. The number of likely N-dealkylation sites (N-methyl/N-ethyl adjacent to an activating group) is 1. The monoisotopic (exact) mass is 540 g/mol. The average molecular weight is 541 g/mol. The third-order valence-corrected chi connectivity index (χ3v) is 7.88. The van der Waals surface area contributed by atoms with Crippen LogP contribution in [0.25, 0.3) is 22.4 Å². The SMILES string of the molecule is CN1CCN(C(=O)Cn2ccc3cnc(-c4ccnc(NCC(O)CN5CCc6ccccc6C5)c4)nc32)CC1. The molecule has 2 N–H and O–H groups in total. The molecule has 2 aliphatic heterocycles. The minimum absolute atomic E-state index is 0.105. The topological polar surface area (TPSA) is 103 Å². The summed E-state index contributed by atoms with van der Waals surface area (Å²) in [6.45, 7) is 6.36. The van der Waals surface area contributed by atoms with Gasteiger partial charge in [-0.1, -0.05) is 24.3 Å². The molecule has 0 radical (unpaired) electrons. The minimum Gasteiger partial charge on any atom is -0.390 e. The molecule has 0 aliphatic carbocycles. The molecule has 0 bridgehead atoms. The molecule has 0 saturated carbocycles. The molecule has 4 aromatic rings. The molecule has 1 amide bonds. The highest BCUT2D eigenvalue weighted by Crippen LogP contribution is 2.22. The zero-order chi connectivity index (χ0) is 27.5. The molecule has 10 heteroatoms. The number of nitrogens with one attached hydrogen (secondary N) is 1. The molecule has 2 aliphatic rings. The Morgan fingerprint density at radius 2 is 1.88 bits per heavy atom. The number of rotatable bonds is 8. The van der Waals surface area contributed by atoms with Crippen molar-refractivity contribution in [3.8, 4) is 11.4 Å². The number of aromatic nitrogens is 4. The molecule has 1 fully saturated rings. The van der Waals surface area contributed by atoms with Crippen LogP contribution in [0.4, 0.5) is 5.82 Å². The van der Waals surface area contributed by atoms with Crippen molar-refractivity contribution in [2.45, 2.75) is 25.6 Å². The number of benzene rings is 1. The van der Waals surface area contributed by atoms with Gasteiger partial charge in [-0.2, -0.15) is 0 Å². The Kier molecular flexibility index (Phi) is 7.72. The maximum atomic E-state index is 12.9. The van der Waals surface area contributed by atoms with Crippen molar-refractivity contribution in [1.82, 2.24) is 34.2 Å². The Morgan fingerprint density at radius 3 is 2.73 bits per heavy atom. The molecule has 1 unspecified atom stereocenters. The van der Waals surface area contributed by atoms with E-state index in [1.807, 2.05) is 33.9 Å². The van der Waals surface area contributed by atoms with Gasteiger partial charge in [0, 0.05) is 81.9 Å². The van der Waals surface area contributed by atoms with Gasteiger partial charge in [-0.15, -0.1) is 0 Å². The van der Waals surface area contributed by atoms with E-state index in [2.05, 4.69) is 56.4 Å². The second-order valence-electron chi connectivity index (χ2n) is 10.8. The molecule has 1 atom stereocenters. The molecule has 0 spiro atoms. The van der Waals surface area contributed by atoms with Crippen LogP contribution >= 0.6 is 0 Å². The number of anilines is 1. The summed E-state index contributed by atoms with van der Waals surface area (Å²) in [7, 11) is 2.08. The van der Waals surface area contributed by atoms with Crippen molar-refractivity contribution in [1.29, 1.82) is 0 Å². The van der Waals surface area contributed by atoms with E-state index in [1.54, 1.807) is 12.4 Å². The zero-order valence-corrected chi connectivity index (χ0v) is 22.9. The number of carbonyl (C=O) groups excluding carboxylic acids is 1. The molecule has 6 rings (SSSR count). The minimum atomic E-state index is -0.524. The molecular formula is C30H36N8O2. The highest BCUT2D eigenvalue weighted by molar-refractivity contribution is 5.81.